The van der Waals surface area contributed by atoms with Crippen LogP contribution in [0.4, 0.5) is 0 Å². The topological polar surface area (TPSA) is 30.7 Å². The third-order valence-electron chi connectivity index (χ3n) is 10.4. The molecule has 10 aromatic rings. The maximum absolute atomic E-state index is 5.39. The summed E-state index contributed by atoms with van der Waals surface area (Å²) in [7, 11) is 0. The zero-order valence-electron chi connectivity index (χ0n) is 30.0. The SMILES string of the molecule is c1ccc(-c2cc(-c3ccc(-n4c(-c5ccccc5)nc(-c5ccccc5)c4-c4ccccc4)cc3)c3cc(-c4ccccc4)c4ccccc4c3n2)cc1. The quantitative estimate of drug-likeness (QED) is 0.155. The Morgan fingerprint density at radius 1 is 0.327 bits per heavy atom. The van der Waals surface area contributed by atoms with E-state index in [-0.39, 0.29) is 0 Å². The number of nitrogens with zero attached hydrogens (tertiary/aromatic N) is 3. The van der Waals surface area contributed by atoms with E-state index < -0.39 is 0 Å². The summed E-state index contributed by atoms with van der Waals surface area (Å²) in [6, 6.07) is 75.0. The lowest BCUT2D eigenvalue weighted by molar-refractivity contribution is 1.07. The van der Waals surface area contributed by atoms with Crippen LogP contribution in [0.1, 0.15) is 0 Å². The highest BCUT2D eigenvalue weighted by Gasteiger charge is 2.23. The number of aromatic nitrogens is 3. The number of rotatable bonds is 7. The van der Waals surface area contributed by atoms with E-state index in [1.165, 1.54) is 16.5 Å². The van der Waals surface area contributed by atoms with Gasteiger partial charge in [0.15, 0.2) is 0 Å². The van der Waals surface area contributed by atoms with Gasteiger partial charge in [0.2, 0.25) is 0 Å². The molecule has 0 N–H and O–H groups in total. The smallest absolute Gasteiger partial charge is 0.145 e. The third-order valence-corrected chi connectivity index (χ3v) is 10.4. The number of fused-ring (bicyclic) bond motifs is 3. The maximum Gasteiger partial charge on any atom is 0.145 e. The summed E-state index contributed by atoms with van der Waals surface area (Å²) < 4.78 is 2.32. The Kier molecular flexibility index (Phi) is 8.16. The van der Waals surface area contributed by atoms with E-state index >= 15 is 0 Å². The molecule has 2 aromatic heterocycles. The minimum atomic E-state index is 0.894. The van der Waals surface area contributed by atoms with Crippen LogP contribution in [0.5, 0.6) is 0 Å². The molecule has 3 nitrogen and oxygen atoms in total. The molecule has 0 amide bonds. The Morgan fingerprint density at radius 2 is 0.800 bits per heavy atom. The van der Waals surface area contributed by atoms with E-state index in [1.807, 2.05) is 0 Å². The highest BCUT2D eigenvalue weighted by atomic mass is 15.1. The molecular weight excluding hydrogens is 667 g/mol. The maximum atomic E-state index is 5.39. The van der Waals surface area contributed by atoms with Gasteiger partial charge >= 0.3 is 0 Å². The second-order valence-corrected chi connectivity index (χ2v) is 13.8. The number of imidazole rings is 1. The minimum Gasteiger partial charge on any atom is -0.292 e. The molecule has 55 heavy (non-hydrogen) atoms. The molecule has 3 heteroatoms. The molecule has 10 rings (SSSR count). The molecule has 0 aliphatic heterocycles. The number of benzene rings is 8. The molecule has 258 valence electrons. The third kappa shape index (κ3) is 5.89. The lowest BCUT2D eigenvalue weighted by atomic mass is 9.91. The van der Waals surface area contributed by atoms with Crippen LogP contribution in [-0.4, -0.2) is 14.5 Å². The molecule has 0 spiro atoms. The lowest BCUT2D eigenvalue weighted by Gasteiger charge is -2.17. The van der Waals surface area contributed by atoms with Gasteiger partial charge in [-0.2, -0.15) is 0 Å². The highest BCUT2D eigenvalue weighted by molar-refractivity contribution is 6.16. The monoisotopic (exact) mass is 701 g/mol. The largest absolute Gasteiger partial charge is 0.292 e. The first-order chi connectivity index (χ1) is 27.3. The molecule has 0 radical (unpaired) electrons. The number of pyridine rings is 1. The van der Waals surface area contributed by atoms with Crippen molar-refractivity contribution in [2.45, 2.75) is 0 Å². The van der Waals surface area contributed by atoms with Crippen LogP contribution in [0.15, 0.2) is 212 Å². The summed E-state index contributed by atoms with van der Waals surface area (Å²) in [6.45, 7) is 0. The predicted octanol–water partition coefficient (Wildman–Crippen LogP) is 13.6. The zero-order chi connectivity index (χ0) is 36.6. The van der Waals surface area contributed by atoms with Crippen molar-refractivity contribution in [1.29, 1.82) is 0 Å². The Hall–Kier alpha value is -7.36. The van der Waals surface area contributed by atoms with Crippen molar-refractivity contribution in [2.24, 2.45) is 0 Å². The molecule has 0 aliphatic rings. The van der Waals surface area contributed by atoms with Gasteiger partial charge in [0, 0.05) is 38.7 Å². The van der Waals surface area contributed by atoms with Gasteiger partial charge in [0.05, 0.1) is 22.6 Å². The van der Waals surface area contributed by atoms with Crippen LogP contribution in [0.25, 0.3) is 94.8 Å². The molecule has 0 bridgehead atoms. The van der Waals surface area contributed by atoms with Gasteiger partial charge < -0.3 is 0 Å². The molecule has 0 aliphatic carbocycles. The molecule has 0 saturated heterocycles. The van der Waals surface area contributed by atoms with Crippen LogP contribution < -0.4 is 0 Å². The Bertz CT molecular complexity index is 2920. The summed E-state index contributed by atoms with van der Waals surface area (Å²) in [5.41, 5.74) is 13.9. The molecule has 0 saturated carbocycles. The average Bonchev–Trinajstić information content (AvgIpc) is 3.68. The first kappa shape index (κ1) is 32.3. The number of hydrogen-bond acceptors (Lipinski definition) is 2. The lowest BCUT2D eigenvalue weighted by Crippen LogP contribution is -2.00. The molecule has 2 heterocycles. The van der Waals surface area contributed by atoms with E-state index in [0.29, 0.717) is 0 Å². The normalized spacial score (nSPS) is 11.3. The summed E-state index contributed by atoms with van der Waals surface area (Å²) in [5.74, 6) is 0.894. The van der Waals surface area contributed by atoms with Crippen molar-refractivity contribution in [3.63, 3.8) is 0 Å². The van der Waals surface area contributed by atoms with Gasteiger partial charge in [0.1, 0.15) is 5.82 Å². The van der Waals surface area contributed by atoms with Crippen LogP contribution in [-0.2, 0) is 0 Å². The second-order valence-electron chi connectivity index (χ2n) is 13.8. The fourth-order valence-electron chi connectivity index (χ4n) is 7.81. The zero-order valence-corrected chi connectivity index (χ0v) is 30.0. The summed E-state index contributed by atoms with van der Waals surface area (Å²) in [5, 5.41) is 3.45. The van der Waals surface area contributed by atoms with Gasteiger partial charge in [-0.05, 0) is 51.9 Å². The molecule has 8 aromatic carbocycles. The van der Waals surface area contributed by atoms with Crippen molar-refractivity contribution >= 4 is 21.7 Å². The predicted molar refractivity (Wildman–Crippen MR) is 229 cm³/mol. The van der Waals surface area contributed by atoms with Crippen molar-refractivity contribution in [3.8, 4) is 73.1 Å². The van der Waals surface area contributed by atoms with Crippen molar-refractivity contribution in [3.05, 3.63) is 212 Å². The Labute approximate surface area is 320 Å². The van der Waals surface area contributed by atoms with Crippen molar-refractivity contribution in [2.75, 3.05) is 0 Å². The van der Waals surface area contributed by atoms with Gasteiger partial charge in [-0.25, -0.2) is 9.97 Å². The Morgan fingerprint density at radius 3 is 1.42 bits per heavy atom. The van der Waals surface area contributed by atoms with E-state index in [9.17, 15) is 0 Å². The number of hydrogen-bond donors (Lipinski definition) is 0. The van der Waals surface area contributed by atoms with E-state index in [0.717, 1.165) is 78.3 Å². The summed E-state index contributed by atoms with van der Waals surface area (Å²) in [4.78, 5) is 10.8. The molecule has 0 atom stereocenters. The van der Waals surface area contributed by atoms with Crippen LogP contribution in [0.3, 0.4) is 0 Å². The van der Waals surface area contributed by atoms with Crippen LogP contribution in [0.2, 0.25) is 0 Å². The molecule has 0 unspecified atom stereocenters. The molecule has 0 fully saturated rings. The summed E-state index contributed by atoms with van der Waals surface area (Å²) in [6.07, 6.45) is 0. The van der Waals surface area contributed by atoms with Gasteiger partial charge in [-0.15, -0.1) is 0 Å². The van der Waals surface area contributed by atoms with Crippen molar-refractivity contribution < 1.29 is 0 Å². The standard InChI is InChI=1S/C52H35N3/c1-6-18-36(19-7-1)45-34-47-46(35-48(38-20-8-2-9-21-38)53-50(47)44-29-17-16-28-43(44)45)37-30-32-42(33-31-37)55-51(40-24-12-4-13-25-40)49(39-22-10-3-11-23-39)54-52(55)41-26-14-5-15-27-41/h1-35H. The fourth-order valence-corrected chi connectivity index (χ4v) is 7.81. The minimum absolute atomic E-state index is 0.894. The average molecular weight is 702 g/mol. The van der Waals surface area contributed by atoms with Gasteiger partial charge in [-0.1, -0.05) is 188 Å². The fraction of sp³-hybridized carbons (Fsp3) is 0. The van der Waals surface area contributed by atoms with E-state index in [2.05, 4.69) is 217 Å². The highest BCUT2D eigenvalue weighted by Crippen LogP contribution is 2.42. The van der Waals surface area contributed by atoms with Crippen molar-refractivity contribution in [1.82, 2.24) is 14.5 Å². The van der Waals surface area contributed by atoms with Gasteiger partial charge in [-0.3, -0.25) is 4.57 Å². The second kappa shape index (κ2) is 13.9. The van der Waals surface area contributed by atoms with Crippen LogP contribution >= 0.6 is 0 Å². The first-order valence-corrected chi connectivity index (χ1v) is 18.7. The van der Waals surface area contributed by atoms with Gasteiger partial charge in [0.25, 0.3) is 0 Å². The van der Waals surface area contributed by atoms with E-state index in [4.69, 9.17) is 9.97 Å². The summed E-state index contributed by atoms with van der Waals surface area (Å²) >= 11 is 0. The van der Waals surface area contributed by atoms with E-state index in [1.54, 1.807) is 0 Å². The molecular formula is C52H35N3. The van der Waals surface area contributed by atoms with Crippen LogP contribution in [0, 0.1) is 0 Å². The first-order valence-electron chi connectivity index (χ1n) is 18.7. The Balaban J connectivity index is 1.22.